The maximum absolute atomic E-state index is 9.10. The molecule has 3 nitrogen and oxygen atoms in total. The average Bonchev–Trinajstić information content (AvgIpc) is 3.27. The zero-order chi connectivity index (χ0) is 44.1. The van der Waals surface area contributed by atoms with Crippen molar-refractivity contribution >= 4 is 0 Å². The number of hydrogen-bond donors (Lipinski definition) is 2. The van der Waals surface area contributed by atoms with Gasteiger partial charge in [0.2, 0.25) is 0 Å². The minimum absolute atomic E-state index is 0.366. The van der Waals surface area contributed by atoms with E-state index in [9.17, 15) is 0 Å². The van der Waals surface area contributed by atoms with E-state index in [1.807, 2.05) is 0 Å². The second-order valence-electron chi connectivity index (χ2n) is 20.7. The van der Waals surface area contributed by atoms with Gasteiger partial charge in [-0.15, -0.1) is 0 Å². The van der Waals surface area contributed by atoms with Crippen LogP contribution in [0.4, 0.5) is 0 Å². The van der Waals surface area contributed by atoms with E-state index in [2.05, 4.69) is 13.8 Å². The lowest BCUT2D eigenvalue weighted by molar-refractivity contribution is -0.929. The van der Waals surface area contributed by atoms with Crippen LogP contribution in [0.2, 0.25) is 0 Å². The van der Waals surface area contributed by atoms with E-state index >= 15 is 0 Å². The molecule has 2 N–H and O–H groups in total. The van der Waals surface area contributed by atoms with E-state index in [1.54, 1.807) is 0 Å². The van der Waals surface area contributed by atoms with Crippen LogP contribution in [0.15, 0.2) is 0 Å². The van der Waals surface area contributed by atoms with Crippen LogP contribution in [0.3, 0.4) is 0 Å². The van der Waals surface area contributed by atoms with Crippen molar-refractivity contribution in [1.29, 1.82) is 0 Å². The highest BCUT2D eigenvalue weighted by Gasteiger charge is 2.25. The quantitative estimate of drug-likeness (QED) is 0.0472. The van der Waals surface area contributed by atoms with Crippen molar-refractivity contribution in [2.24, 2.45) is 0 Å². The molecule has 0 aliphatic rings. The molecule has 0 aliphatic heterocycles. The third-order valence-corrected chi connectivity index (χ3v) is 14.6. The fourth-order valence-electron chi connectivity index (χ4n) is 10.3. The first-order valence-electron chi connectivity index (χ1n) is 29.3. The van der Waals surface area contributed by atoms with Crippen LogP contribution in [-0.4, -0.2) is 54.1 Å². The zero-order valence-corrected chi connectivity index (χ0v) is 42.9. The van der Waals surface area contributed by atoms with Crippen molar-refractivity contribution in [2.45, 2.75) is 335 Å². The summed E-state index contributed by atoms with van der Waals surface area (Å²) in [6.07, 6.45) is 70.7. The maximum atomic E-state index is 9.10. The summed E-state index contributed by atoms with van der Waals surface area (Å²) < 4.78 is 1.44. The van der Waals surface area contributed by atoms with Crippen molar-refractivity contribution in [2.75, 3.05) is 39.4 Å². The lowest BCUT2D eigenvalue weighted by Crippen LogP contribution is -2.50. The maximum Gasteiger partial charge on any atom is 0.0786 e. The fraction of sp³-hybridized carbons (Fsp3) is 1.00. The van der Waals surface area contributed by atoms with Crippen LogP contribution in [0, 0.1) is 0 Å². The smallest absolute Gasteiger partial charge is 0.0786 e. The molecule has 0 bridgehead atoms. The fourth-order valence-corrected chi connectivity index (χ4v) is 10.3. The summed E-state index contributed by atoms with van der Waals surface area (Å²) in [5.74, 6) is 0. The molecule has 0 atom stereocenters. The predicted octanol–water partition coefficient (Wildman–Crippen LogP) is 19.3. The van der Waals surface area contributed by atoms with Gasteiger partial charge in [-0.1, -0.05) is 271 Å². The van der Waals surface area contributed by atoms with Gasteiger partial charge in [-0.3, -0.25) is 0 Å². The standard InChI is InChI=1S/C58H120NO2/c1-3-5-7-9-11-13-15-17-19-21-23-25-29-35-41-47-53-59(55-49-43-37-31-27-33-39-45-51-57-60,56-50-44-38-32-28-34-40-46-52-58-61)54-48-42-36-30-26-24-22-20-18-16-14-12-10-8-6-4-2/h60-61H,3-58H2,1-2H3/q+1. The number of nitrogens with zero attached hydrogens (tertiary/aromatic N) is 1. The first kappa shape index (κ1) is 60.9. The Kier molecular flexibility index (Phi) is 54.1. The predicted molar refractivity (Wildman–Crippen MR) is 276 cm³/mol. The van der Waals surface area contributed by atoms with Gasteiger partial charge in [0.05, 0.1) is 26.2 Å². The van der Waals surface area contributed by atoms with Gasteiger partial charge in [-0.05, 0) is 64.2 Å². The Morgan fingerprint density at radius 2 is 0.311 bits per heavy atom. The Hall–Kier alpha value is -0.120. The van der Waals surface area contributed by atoms with E-state index in [1.165, 1.54) is 339 Å². The molecule has 0 unspecified atom stereocenters. The van der Waals surface area contributed by atoms with Crippen molar-refractivity contribution in [3.05, 3.63) is 0 Å². The average molecular weight is 864 g/mol. The third-order valence-electron chi connectivity index (χ3n) is 14.6. The van der Waals surface area contributed by atoms with Gasteiger partial charge in [0.1, 0.15) is 0 Å². The molecule has 368 valence electrons. The molecule has 0 saturated carbocycles. The largest absolute Gasteiger partial charge is 0.396 e. The molecule has 0 aromatic heterocycles. The Balaban J connectivity index is 4.81. The first-order valence-corrected chi connectivity index (χ1v) is 29.3. The van der Waals surface area contributed by atoms with Crippen molar-refractivity contribution < 1.29 is 14.7 Å². The molecule has 0 saturated heterocycles. The molecule has 0 radical (unpaired) electrons. The summed E-state index contributed by atoms with van der Waals surface area (Å²) >= 11 is 0. The summed E-state index contributed by atoms with van der Waals surface area (Å²) in [5, 5.41) is 18.2. The second-order valence-corrected chi connectivity index (χ2v) is 20.7. The molecule has 0 spiro atoms. The van der Waals surface area contributed by atoms with E-state index in [-0.39, 0.29) is 0 Å². The van der Waals surface area contributed by atoms with Gasteiger partial charge in [-0.25, -0.2) is 0 Å². The summed E-state index contributed by atoms with van der Waals surface area (Å²) in [6, 6.07) is 0. The molecule has 0 aromatic rings. The van der Waals surface area contributed by atoms with E-state index in [4.69, 9.17) is 10.2 Å². The van der Waals surface area contributed by atoms with Crippen LogP contribution < -0.4 is 0 Å². The van der Waals surface area contributed by atoms with E-state index in [0.29, 0.717) is 13.2 Å². The molecular weight excluding hydrogens is 743 g/mol. The Morgan fingerprint density at radius 3 is 0.459 bits per heavy atom. The van der Waals surface area contributed by atoms with Crippen molar-refractivity contribution in [1.82, 2.24) is 0 Å². The molecule has 0 fully saturated rings. The number of hydrogen-bond acceptors (Lipinski definition) is 2. The summed E-state index contributed by atoms with van der Waals surface area (Å²) in [6.45, 7) is 11.2. The molecule has 0 aliphatic carbocycles. The number of rotatable bonds is 56. The number of unbranched alkanes of at least 4 members (excludes halogenated alkanes) is 46. The zero-order valence-electron chi connectivity index (χ0n) is 42.9. The highest BCUT2D eigenvalue weighted by atomic mass is 16.3. The van der Waals surface area contributed by atoms with Gasteiger partial charge in [0, 0.05) is 13.2 Å². The Labute approximate surface area is 387 Å². The molecule has 3 heteroatoms. The second kappa shape index (κ2) is 54.2. The van der Waals surface area contributed by atoms with Crippen molar-refractivity contribution in [3.63, 3.8) is 0 Å². The van der Waals surface area contributed by atoms with Gasteiger partial charge in [0.25, 0.3) is 0 Å². The normalized spacial score (nSPS) is 12.0. The lowest BCUT2D eigenvalue weighted by atomic mass is 10.0. The lowest BCUT2D eigenvalue weighted by Gasteiger charge is -2.40. The number of aliphatic hydroxyl groups excluding tert-OH is 2. The Morgan fingerprint density at radius 1 is 0.180 bits per heavy atom. The molecule has 61 heavy (non-hydrogen) atoms. The van der Waals surface area contributed by atoms with Crippen LogP contribution in [0.25, 0.3) is 0 Å². The SMILES string of the molecule is CCCCCCCCCCCCCCCCCC[N+](CCCCCCCCCCCO)(CCCCCCCCCCCO)CCCCCCCCCCCCCCCCCC. The van der Waals surface area contributed by atoms with E-state index < -0.39 is 0 Å². The van der Waals surface area contributed by atoms with Gasteiger partial charge < -0.3 is 14.7 Å². The first-order chi connectivity index (χ1) is 30.2. The van der Waals surface area contributed by atoms with Gasteiger partial charge in [0.15, 0.2) is 0 Å². The minimum Gasteiger partial charge on any atom is -0.396 e. The van der Waals surface area contributed by atoms with Crippen LogP contribution in [-0.2, 0) is 0 Å². The third kappa shape index (κ3) is 49.2. The van der Waals surface area contributed by atoms with Crippen LogP contribution >= 0.6 is 0 Å². The van der Waals surface area contributed by atoms with Crippen LogP contribution in [0.5, 0.6) is 0 Å². The molecule has 0 rings (SSSR count). The molecule has 0 heterocycles. The number of aliphatic hydroxyl groups is 2. The highest BCUT2D eigenvalue weighted by molar-refractivity contribution is 4.57. The molecule has 0 aromatic carbocycles. The van der Waals surface area contributed by atoms with E-state index in [0.717, 1.165) is 12.8 Å². The summed E-state index contributed by atoms with van der Waals surface area (Å²) in [7, 11) is 0. The summed E-state index contributed by atoms with van der Waals surface area (Å²) in [4.78, 5) is 0. The highest BCUT2D eigenvalue weighted by Crippen LogP contribution is 2.22. The minimum atomic E-state index is 0.366. The number of quaternary nitrogens is 1. The van der Waals surface area contributed by atoms with Crippen LogP contribution in [0.1, 0.15) is 335 Å². The summed E-state index contributed by atoms with van der Waals surface area (Å²) in [5.41, 5.74) is 0. The topological polar surface area (TPSA) is 40.5 Å². The molecule has 0 amide bonds. The van der Waals surface area contributed by atoms with Crippen molar-refractivity contribution in [3.8, 4) is 0 Å². The Bertz CT molecular complexity index is 694. The monoisotopic (exact) mass is 863 g/mol. The van der Waals surface area contributed by atoms with Gasteiger partial charge >= 0.3 is 0 Å². The molecular formula is C58H120NO2+. The van der Waals surface area contributed by atoms with Gasteiger partial charge in [-0.2, -0.15) is 0 Å².